The average Bonchev–Trinajstić information content (AvgIpc) is 2.87. The molecule has 3 aromatic rings. The third-order valence-electron chi connectivity index (χ3n) is 4.96. The number of rotatable bonds is 7. The van der Waals surface area contributed by atoms with Crippen molar-refractivity contribution in [3.05, 3.63) is 89.5 Å². The van der Waals surface area contributed by atoms with Gasteiger partial charge in [0.15, 0.2) is 0 Å². The van der Waals surface area contributed by atoms with Crippen molar-refractivity contribution < 1.29 is 23.9 Å². The topological polar surface area (TPSA) is 106 Å². The van der Waals surface area contributed by atoms with Gasteiger partial charge in [-0.1, -0.05) is 43.3 Å². The van der Waals surface area contributed by atoms with Crippen LogP contribution in [-0.2, 0) is 16.0 Å². The minimum atomic E-state index is -0.920. The number of hydrogen-bond donors (Lipinski definition) is 2. The molecule has 2 amide bonds. The second kappa shape index (κ2) is 11.4. The third-order valence-corrected chi connectivity index (χ3v) is 4.96. The van der Waals surface area contributed by atoms with Crippen molar-refractivity contribution in [1.29, 1.82) is 0 Å². The number of carbonyl (C=O) groups is 3. The lowest BCUT2D eigenvalue weighted by atomic mass is 10.1. The first-order chi connectivity index (χ1) is 16.4. The number of esters is 1. The molecule has 0 aromatic heterocycles. The predicted octanol–water partition coefficient (Wildman–Crippen LogP) is 3.96. The van der Waals surface area contributed by atoms with Gasteiger partial charge in [0.1, 0.15) is 11.5 Å². The molecule has 0 spiro atoms. The number of hydrogen-bond acceptors (Lipinski definition) is 6. The molecule has 0 aliphatic heterocycles. The third kappa shape index (κ3) is 6.07. The molecule has 0 unspecified atom stereocenters. The van der Waals surface area contributed by atoms with E-state index in [1.807, 2.05) is 19.1 Å². The summed E-state index contributed by atoms with van der Waals surface area (Å²) < 4.78 is 10.7. The monoisotopic (exact) mass is 459 g/mol. The molecule has 34 heavy (non-hydrogen) atoms. The fourth-order valence-electron chi connectivity index (χ4n) is 3.14. The summed E-state index contributed by atoms with van der Waals surface area (Å²) in [5.74, 6) is -1.54. The molecular formula is C26H25N3O5. The molecule has 3 rings (SSSR count). The molecular weight excluding hydrogens is 434 g/mol. The van der Waals surface area contributed by atoms with E-state index in [1.165, 1.54) is 7.11 Å². The summed E-state index contributed by atoms with van der Waals surface area (Å²) in [7, 11) is 1.51. The van der Waals surface area contributed by atoms with E-state index in [4.69, 9.17) is 9.47 Å². The number of ether oxygens (including phenoxy) is 2. The molecule has 0 aliphatic rings. The van der Waals surface area contributed by atoms with Crippen LogP contribution in [0.15, 0.2) is 77.9 Å². The minimum absolute atomic E-state index is 0.257. The largest absolute Gasteiger partial charge is 0.497 e. The molecule has 0 heterocycles. The lowest BCUT2D eigenvalue weighted by Crippen LogP contribution is -2.33. The highest BCUT2D eigenvalue weighted by atomic mass is 16.5. The minimum Gasteiger partial charge on any atom is -0.497 e. The standard InChI is InChI=1S/C26H25N3O5/c1-4-18-10-5-7-14-22(18)27-24(30)25(31)29-28-17(2)21-13-6-8-15-23(21)34-26(32)19-11-9-12-20(16-19)33-3/h5-16H,4H2,1-3H3,(H,27,30)(H,29,31)/b28-17+. The molecule has 2 N–H and O–H groups in total. The van der Waals surface area contributed by atoms with Crippen LogP contribution in [0.4, 0.5) is 5.69 Å². The average molecular weight is 460 g/mol. The molecule has 0 bridgehead atoms. The van der Waals surface area contributed by atoms with Crippen molar-refractivity contribution in [2.24, 2.45) is 5.10 Å². The molecule has 8 heteroatoms. The summed E-state index contributed by atoms with van der Waals surface area (Å²) in [4.78, 5) is 37.1. The quantitative estimate of drug-likeness (QED) is 0.183. The summed E-state index contributed by atoms with van der Waals surface area (Å²) >= 11 is 0. The highest BCUT2D eigenvalue weighted by molar-refractivity contribution is 6.39. The molecule has 3 aromatic carbocycles. The fourth-order valence-corrected chi connectivity index (χ4v) is 3.14. The number of anilines is 1. The van der Waals surface area contributed by atoms with Gasteiger partial charge >= 0.3 is 17.8 Å². The first-order valence-corrected chi connectivity index (χ1v) is 10.6. The summed E-state index contributed by atoms with van der Waals surface area (Å²) in [5, 5.41) is 6.60. The maximum absolute atomic E-state index is 12.6. The molecule has 0 saturated carbocycles. The highest BCUT2D eigenvalue weighted by Crippen LogP contribution is 2.21. The van der Waals surface area contributed by atoms with Gasteiger partial charge in [-0.15, -0.1) is 0 Å². The van der Waals surface area contributed by atoms with Crippen LogP contribution in [0.1, 0.15) is 35.3 Å². The van der Waals surface area contributed by atoms with E-state index in [-0.39, 0.29) is 5.75 Å². The Labute approximate surface area is 197 Å². The summed E-state index contributed by atoms with van der Waals surface area (Å²) in [6, 6.07) is 20.6. The van der Waals surface area contributed by atoms with E-state index >= 15 is 0 Å². The Morgan fingerprint density at radius 2 is 1.65 bits per heavy atom. The van der Waals surface area contributed by atoms with E-state index in [2.05, 4.69) is 15.8 Å². The molecule has 0 fully saturated rings. The van der Waals surface area contributed by atoms with Crippen LogP contribution in [-0.4, -0.2) is 30.6 Å². The van der Waals surface area contributed by atoms with Crippen LogP contribution in [0.25, 0.3) is 0 Å². The Hall–Kier alpha value is -4.46. The molecule has 0 atom stereocenters. The van der Waals surface area contributed by atoms with E-state index in [0.29, 0.717) is 34.7 Å². The number of methoxy groups -OCH3 is 1. The zero-order valence-electron chi connectivity index (χ0n) is 19.1. The number of nitrogens with zero attached hydrogens (tertiary/aromatic N) is 1. The maximum atomic E-state index is 12.6. The van der Waals surface area contributed by atoms with Crippen LogP contribution >= 0.6 is 0 Å². The Kier molecular flexibility index (Phi) is 8.12. The summed E-state index contributed by atoms with van der Waals surface area (Å²) in [6.45, 7) is 3.58. The number of hydrazone groups is 1. The van der Waals surface area contributed by atoms with E-state index in [9.17, 15) is 14.4 Å². The van der Waals surface area contributed by atoms with Crippen molar-refractivity contribution in [2.75, 3.05) is 12.4 Å². The van der Waals surface area contributed by atoms with Gasteiger partial charge in [-0.25, -0.2) is 10.2 Å². The maximum Gasteiger partial charge on any atom is 0.343 e. The van der Waals surface area contributed by atoms with Gasteiger partial charge in [-0.05, 0) is 55.3 Å². The second-order valence-corrected chi connectivity index (χ2v) is 7.22. The number of amides is 2. The summed E-state index contributed by atoms with van der Waals surface area (Å²) in [6.07, 6.45) is 0.709. The van der Waals surface area contributed by atoms with Gasteiger partial charge in [0, 0.05) is 11.3 Å². The lowest BCUT2D eigenvalue weighted by molar-refractivity contribution is -0.136. The van der Waals surface area contributed by atoms with Gasteiger partial charge in [0.05, 0.1) is 18.4 Å². The Morgan fingerprint density at radius 1 is 0.912 bits per heavy atom. The molecule has 174 valence electrons. The van der Waals surface area contributed by atoms with Crippen LogP contribution in [0.5, 0.6) is 11.5 Å². The SMILES string of the molecule is CCc1ccccc1NC(=O)C(=O)N/N=C(\C)c1ccccc1OC(=O)c1cccc(OC)c1. The molecule has 8 nitrogen and oxygen atoms in total. The van der Waals surface area contributed by atoms with Crippen LogP contribution in [0, 0.1) is 0 Å². The van der Waals surface area contributed by atoms with Crippen LogP contribution < -0.4 is 20.2 Å². The van der Waals surface area contributed by atoms with Gasteiger partial charge in [-0.3, -0.25) is 9.59 Å². The van der Waals surface area contributed by atoms with Gasteiger partial charge in [0.25, 0.3) is 0 Å². The van der Waals surface area contributed by atoms with Gasteiger partial charge in [-0.2, -0.15) is 5.10 Å². The zero-order chi connectivity index (χ0) is 24.5. The summed E-state index contributed by atoms with van der Waals surface area (Å²) in [5.41, 5.74) is 4.88. The van der Waals surface area contributed by atoms with Crippen molar-refractivity contribution in [2.45, 2.75) is 20.3 Å². The number of nitrogens with one attached hydrogen (secondary N) is 2. The number of benzene rings is 3. The zero-order valence-corrected chi connectivity index (χ0v) is 19.1. The number of para-hydroxylation sites is 2. The molecule has 0 saturated heterocycles. The first-order valence-electron chi connectivity index (χ1n) is 10.6. The molecule has 0 aliphatic carbocycles. The van der Waals surface area contributed by atoms with Crippen molar-refractivity contribution in [3.8, 4) is 11.5 Å². The van der Waals surface area contributed by atoms with E-state index in [1.54, 1.807) is 67.6 Å². The second-order valence-electron chi connectivity index (χ2n) is 7.22. The fraction of sp³-hybridized carbons (Fsp3) is 0.154. The van der Waals surface area contributed by atoms with Gasteiger partial charge in [0.2, 0.25) is 0 Å². The number of aryl methyl sites for hydroxylation is 1. The van der Waals surface area contributed by atoms with Crippen molar-refractivity contribution >= 4 is 29.2 Å². The molecule has 0 radical (unpaired) electrons. The Morgan fingerprint density at radius 3 is 2.41 bits per heavy atom. The van der Waals surface area contributed by atoms with Gasteiger partial charge < -0.3 is 14.8 Å². The Bertz CT molecular complexity index is 1240. The van der Waals surface area contributed by atoms with Crippen molar-refractivity contribution in [1.82, 2.24) is 5.43 Å². The van der Waals surface area contributed by atoms with E-state index < -0.39 is 17.8 Å². The van der Waals surface area contributed by atoms with Crippen LogP contribution in [0.2, 0.25) is 0 Å². The van der Waals surface area contributed by atoms with Crippen molar-refractivity contribution in [3.63, 3.8) is 0 Å². The highest BCUT2D eigenvalue weighted by Gasteiger charge is 2.17. The number of carbonyl (C=O) groups excluding carboxylic acids is 3. The first kappa shape index (κ1) is 24.2. The van der Waals surface area contributed by atoms with Crippen LogP contribution in [0.3, 0.4) is 0 Å². The Balaban J connectivity index is 1.70. The predicted molar refractivity (Wildman–Crippen MR) is 129 cm³/mol. The normalized spacial score (nSPS) is 10.9. The lowest BCUT2D eigenvalue weighted by Gasteiger charge is -2.11. The smallest absolute Gasteiger partial charge is 0.343 e. The van der Waals surface area contributed by atoms with E-state index in [0.717, 1.165) is 5.56 Å².